The van der Waals surface area contributed by atoms with Crippen LogP contribution in [0.1, 0.15) is 19.3 Å². The summed E-state index contributed by atoms with van der Waals surface area (Å²) in [7, 11) is 0. The van der Waals surface area contributed by atoms with Crippen molar-refractivity contribution in [1.29, 1.82) is 0 Å². The van der Waals surface area contributed by atoms with Gasteiger partial charge >= 0.3 is 5.97 Å². The van der Waals surface area contributed by atoms with Gasteiger partial charge in [0.2, 0.25) is 23.6 Å². The lowest BCUT2D eigenvalue weighted by molar-refractivity contribution is -0.150. The van der Waals surface area contributed by atoms with Crippen molar-refractivity contribution >= 4 is 42.2 Å². The number of aliphatic hydroxyl groups is 1. The molecule has 12 nitrogen and oxygen atoms in total. The maximum Gasteiger partial charge on any atom is 0.326 e. The molecule has 0 aromatic heterocycles. The van der Waals surface area contributed by atoms with Crippen molar-refractivity contribution in [3.05, 3.63) is 0 Å². The lowest BCUT2D eigenvalue weighted by Crippen LogP contribution is -2.58. The molecule has 4 atom stereocenters. The third kappa shape index (κ3) is 6.35. The third-order valence-corrected chi connectivity index (χ3v) is 4.58. The zero-order valence-corrected chi connectivity index (χ0v) is 15.9. The van der Waals surface area contributed by atoms with Crippen LogP contribution in [0.2, 0.25) is 0 Å². The smallest absolute Gasteiger partial charge is 0.326 e. The Hall–Kier alpha value is -2.38. The van der Waals surface area contributed by atoms with E-state index in [2.05, 4.69) is 23.3 Å². The summed E-state index contributed by atoms with van der Waals surface area (Å²) in [6.45, 7) is -0.638. The molecule has 8 N–H and O–H groups in total. The fourth-order valence-corrected chi connectivity index (χ4v) is 2.88. The molecule has 28 heavy (non-hydrogen) atoms. The number of carbonyl (C=O) groups excluding carboxylic acids is 4. The maximum absolute atomic E-state index is 12.5. The van der Waals surface area contributed by atoms with E-state index in [1.807, 2.05) is 0 Å². The van der Waals surface area contributed by atoms with Crippen molar-refractivity contribution in [2.45, 2.75) is 43.4 Å². The summed E-state index contributed by atoms with van der Waals surface area (Å²) in [6, 6.07) is -4.96. The van der Waals surface area contributed by atoms with Gasteiger partial charge in [0.25, 0.3) is 0 Å². The molecule has 13 heteroatoms. The number of likely N-dealkylation sites (tertiary alicyclic amines) is 1. The van der Waals surface area contributed by atoms with Crippen LogP contribution >= 0.6 is 12.6 Å². The van der Waals surface area contributed by atoms with Gasteiger partial charge in [-0.2, -0.15) is 12.6 Å². The van der Waals surface area contributed by atoms with Gasteiger partial charge in [0.1, 0.15) is 18.1 Å². The van der Waals surface area contributed by atoms with Gasteiger partial charge in [0.15, 0.2) is 0 Å². The first-order valence-electron chi connectivity index (χ1n) is 8.52. The van der Waals surface area contributed by atoms with Gasteiger partial charge in [-0.05, 0) is 12.8 Å². The lowest BCUT2D eigenvalue weighted by Gasteiger charge is -2.27. The molecule has 0 aliphatic carbocycles. The van der Waals surface area contributed by atoms with Crippen molar-refractivity contribution in [3.8, 4) is 0 Å². The number of primary amides is 1. The number of thiol groups is 1. The summed E-state index contributed by atoms with van der Waals surface area (Å²) >= 11 is 3.86. The van der Waals surface area contributed by atoms with E-state index in [1.165, 1.54) is 0 Å². The molecule has 0 spiro atoms. The van der Waals surface area contributed by atoms with Gasteiger partial charge in [-0.25, -0.2) is 4.79 Å². The Balaban J connectivity index is 2.87. The predicted molar refractivity (Wildman–Crippen MR) is 99.0 cm³/mol. The van der Waals surface area contributed by atoms with E-state index in [9.17, 15) is 34.2 Å². The van der Waals surface area contributed by atoms with Crippen molar-refractivity contribution in [3.63, 3.8) is 0 Å². The molecule has 0 bridgehead atoms. The summed E-state index contributed by atoms with van der Waals surface area (Å²) in [5.74, 6) is -4.58. The normalized spacial score (nSPS) is 19.4. The first-order chi connectivity index (χ1) is 13.1. The summed E-state index contributed by atoms with van der Waals surface area (Å²) < 4.78 is 0. The van der Waals surface area contributed by atoms with Crippen LogP contribution in [0.15, 0.2) is 0 Å². The van der Waals surface area contributed by atoms with Gasteiger partial charge < -0.3 is 37.2 Å². The van der Waals surface area contributed by atoms with Crippen molar-refractivity contribution in [2.24, 2.45) is 11.5 Å². The number of amides is 4. The van der Waals surface area contributed by atoms with Gasteiger partial charge in [0, 0.05) is 12.3 Å². The zero-order valence-electron chi connectivity index (χ0n) is 15.0. The Bertz CT molecular complexity index is 632. The summed E-state index contributed by atoms with van der Waals surface area (Å²) in [5, 5.41) is 23.1. The lowest BCUT2D eigenvalue weighted by atomic mass is 10.1. The van der Waals surface area contributed by atoms with Crippen LogP contribution in [-0.2, 0) is 24.0 Å². The van der Waals surface area contributed by atoms with E-state index < -0.39 is 66.8 Å². The molecule has 1 fully saturated rings. The number of aliphatic hydroxyl groups excluding tert-OH is 1. The quantitative estimate of drug-likeness (QED) is 0.174. The van der Waals surface area contributed by atoms with Gasteiger partial charge in [-0.1, -0.05) is 0 Å². The van der Waals surface area contributed by atoms with E-state index in [1.54, 1.807) is 0 Å². The summed E-state index contributed by atoms with van der Waals surface area (Å²) in [6.07, 6.45) is 0.163. The Morgan fingerprint density at radius 1 is 1.14 bits per heavy atom. The highest BCUT2D eigenvalue weighted by Gasteiger charge is 2.38. The first-order valence-corrected chi connectivity index (χ1v) is 9.15. The van der Waals surface area contributed by atoms with Gasteiger partial charge in [-0.15, -0.1) is 0 Å². The SMILES string of the molecule is NC(=O)CC(NC(=O)C(N)CS)C(=O)NC(CO)C(=O)N1CCCC1C(=O)O. The number of carboxylic acid groups (broad SMARTS) is 1. The largest absolute Gasteiger partial charge is 0.480 e. The van der Waals surface area contributed by atoms with Crippen LogP contribution in [0.3, 0.4) is 0 Å². The number of nitrogens with one attached hydrogen (secondary N) is 2. The zero-order chi connectivity index (χ0) is 21.4. The number of hydrogen-bond donors (Lipinski definition) is 7. The number of nitrogens with two attached hydrogens (primary N) is 2. The molecule has 1 saturated heterocycles. The van der Waals surface area contributed by atoms with E-state index in [4.69, 9.17) is 11.5 Å². The highest BCUT2D eigenvalue weighted by Crippen LogP contribution is 2.18. The second kappa shape index (κ2) is 10.8. The topological polar surface area (TPSA) is 205 Å². The van der Waals surface area contributed by atoms with Crippen LogP contribution in [0.4, 0.5) is 0 Å². The number of nitrogens with zero attached hydrogens (tertiary/aromatic N) is 1. The fraction of sp³-hybridized carbons (Fsp3) is 0.667. The summed E-state index contributed by atoms with van der Waals surface area (Å²) in [4.78, 5) is 60.3. The number of rotatable bonds is 10. The minimum atomic E-state index is -1.45. The maximum atomic E-state index is 12.5. The Morgan fingerprint density at radius 3 is 2.25 bits per heavy atom. The van der Waals surface area contributed by atoms with Gasteiger partial charge in [0.05, 0.1) is 19.1 Å². The molecule has 1 rings (SSSR count). The highest BCUT2D eigenvalue weighted by molar-refractivity contribution is 7.80. The molecule has 4 amide bonds. The second-order valence-corrected chi connectivity index (χ2v) is 6.66. The molecular formula is C15H25N5O7S. The van der Waals surface area contributed by atoms with Crippen LogP contribution in [0, 0.1) is 0 Å². The fourth-order valence-electron chi connectivity index (χ4n) is 2.72. The molecule has 0 aromatic rings. The molecule has 1 heterocycles. The molecule has 0 aromatic carbocycles. The van der Waals surface area contributed by atoms with Crippen LogP contribution in [-0.4, -0.2) is 87.8 Å². The van der Waals surface area contributed by atoms with E-state index in [0.29, 0.717) is 6.42 Å². The number of aliphatic carboxylic acids is 1. The second-order valence-electron chi connectivity index (χ2n) is 6.29. The Morgan fingerprint density at radius 2 is 1.75 bits per heavy atom. The third-order valence-electron chi connectivity index (χ3n) is 4.19. The summed E-state index contributed by atoms with van der Waals surface area (Å²) in [5.41, 5.74) is 10.6. The van der Waals surface area contributed by atoms with Crippen molar-refractivity contribution < 1.29 is 34.2 Å². The minimum absolute atomic E-state index is 0.0139. The Labute approximate surface area is 166 Å². The van der Waals surface area contributed by atoms with E-state index in [0.717, 1.165) is 4.90 Å². The Kier molecular flexibility index (Phi) is 9.15. The molecule has 1 aliphatic heterocycles. The highest BCUT2D eigenvalue weighted by atomic mass is 32.1. The van der Waals surface area contributed by atoms with Gasteiger partial charge in [-0.3, -0.25) is 19.2 Å². The number of carboxylic acids is 1. The van der Waals surface area contributed by atoms with Crippen molar-refractivity contribution in [1.82, 2.24) is 15.5 Å². The standard InChI is InChI=1S/C15H25N5O7S/c16-7(6-28)12(23)18-8(4-11(17)22)13(24)19-9(5-21)14(25)20-3-1-2-10(20)15(26)27/h7-10,21,28H,1-6,16H2,(H2,17,22)(H,18,23)(H,19,24)(H,26,27). The average Bonchev–Trinajstić information content (AvgIpc) is 3.13. The predicted octanol–water partition coefficient (Wildman–Crippen LogP) is -3.84. The first kappa shape index (κ1) is 23.7. The monoisotopic (exact) mass is 419 g/mol. The number of hydrogen-bond acceptors (Lipinski definition) is 8. The molecule has 1 aliphatic rings. The van der Waals surface area contributed by atoms with Crippen LogP contribution in [0.25, 0.3) is 0 Å². The molecular weight excluding hydrogens is 394 g/mol. The van der Waals surface area contributed by atoms with Crippen LogP contribution < -0.4 is 22.1 Å². The van der Waals surface area contributed by atoms with Crippen LogP contribution in [0.5, 0.6) is 0 Å². The number of carbonyl (C=O) groups is 5. The average molecular weight is 419 g/mol. The molecule has 0 radical (unpaired) electrons. The molecule has 4 unspecified atom stereocenters. The van der Waals surface area contributed by atoms with E-state index >= 15 is 0 Å². The molecule has 0 saturated carbocycles. The van der Waals surface area contributed by atoms with E-state index in [-0.39, 0.29) is 18.7 Å². The molecule has 158 valence electrons. The van der Waals surface area contributed by atoms with Crippen molar-refractivity contribution in [2.75, 3.05) is 18.9 Å². The minimum Gasteiger partial charge on any atom is -0.480 e.